The lowest BCUT2D eigenvalue weighted by Crippen LogP contribution is -2.49. The second-order valence-corrected chi connectivity index (χ2v) is 4.84. The first-order valence-corrected chi connectivity index (χ1v) is 6.84. The summed E-state index contributed by atoms with van der Waals surface area (Å²) in [6.45, 7) is 3.05. The number of hydrogen-bond acceptors (Lipinski definition) is 5. The minimum atomic E-state index is -0.798. The maximum Gasteiger partial charge on any atom is 0.304 e. The number of amides is 1. The van der Waals surface area contributed by atoms with Crippen LogP contribution in [0.2, 0.25) is 0 Å². The van der Waals surface area contributed by atoms with Crippen molar-refractivity contribution in [3.05, 3.63) is 23.9 Å². The summed E-state index contributed by atoms with van der Waals surface area (Å²) in [5.41, 5.74) is 0.457. The molecule has 1 aromatic rings. The predicted molar refractivity (Wildman–Crippen MR) is 75.4 cm³/mol. The summed E-state index contributed by atoms with van der Waals surface area (Å²) >= 11 is 0. The number of carbonyl (C=O) groups is 2. The Bertz CT molecular complexity index is 513. The van der Waals surface area contributed by atoms with E-state index in [1.807, 2.05) is 0 Å². The molecule has 1 aliphatic rings. The number of hydrogen-bond donors (Lipinski definition) is 1. The van der Waals surface area contributed by atoms with Gasteiger partial charge in [0.25, 0.3) is 5.91 Å². The van der Waals surface area contributed by atoms with E-state index in [4.69, 9.17) is 9.84 Å². The maximum absolute atomic E-state index is 12.4. The van der Waals surface area contributed by atoms with Crippen molar-refractivity contribution in [2.45, 2.75) is 6.42 Å². The van der Waals surface area contributed by atoms with Gasteiger partial charge in [-0.15, -0.1) is 0 Å². The fraction of sp³-hybridized carbons (Fsp3) is 0.500. The van der Waals surface area contributed by atoms with Crippen molar-refractivity contribution in [2.75, 3.05) is 39.8 Å². The SMILES string of the molecule is COc1ncccc1C(=O)N1CCN(CCC(=O)O)CC1. The molecule has 7 heteroatoms. The summed E-state index contributed by atoms with van der Waals surface area (Å²) in [6, 6.07) is 3.41. The highest BCUT2D eigenvalue weighted by Crippen LogP contribution is 2.17. The van der Waals surface area contributed by atoms with E-state index in [1.54, 1.807) is 23.2 Å². The first-order chi connectivity index (χ1) is 10.1. The normalized spacial score (nSPS) is 15.8. The minimum absolute atomic E-state index is 0.0992. The second-order valence-electron chi connectivity index (χ2n) is 4.84. The van der Waals surface area contributed by atoms with Crippen LogP contribution in [0.3, 0.4) is 0 Å². The quantitative estimate of drug-likeness (QED) is 0.842. The maximum atomic E-state index is 12.4. The van der Waals surface area contributed by atoms with Crippen LogP contribution in [-0.2, 0) is 4.79 Å². The summed E-state index contributed by atoms with van der Waals surface area (Å²) in [4.78, 5) is 30.8. The molecule has 1 amide bonds. The molecule has 21 heavy (non-hydrogen) atoms. The van der Waals surface area contributed by atoms with Crippen molar-refractivity contribution in [3.63, 3.8) is 0 Å². The van der Waals surface area contributed by atoms with Gasteiger partial charge in [-0.25, -0.2) is 4.98 Å². The zero-order valence-electron chi connectivity index (χ0n) is 12.0. The Morgan fingerprint density at radius 3 is 2.67 bits per heavy atom. The van der Waals surface area contributed by atoms with Crippen molar-refractivity contribution in [3.8, 4) is 5.88 Å². The molecule has 0 radical (unpaired) electrons. The number of carbonyl (C=O) groups excluding carboxylic acids is 1. The van der Waals surface area contributed by atoms with Gasteiger partial charge in [-0.3, -0.25) is 14.5 Å². The molecule has 114 valence electrons. The number of methoxy groups -OCH3 is 1. The molecular weight excluding hydrogens is 274 g/mol. The van der Waals surface area contributed by atoms with Gasteiger partial charge < -0.3 is 14.7 Å². The molecule has 1 N–H and O–H groups in total. The molecule has 1 aliphatic heterocycles. The highest BCUT2D eigenvalue weighted by Gasteiger charge is 2.24. The Balaban J connectivity index is 1.92. The van der Waals surface area contributed by atoms with Crippen molar-refractivity contribution in [1.82, 2.24) is 14.8 Å². The molecule has 1 fully saturated rings. The molecule has 0 atom stereocenters. The molecule has 1 saturated heterocycles. The Kier molecular flexibility index (Phi) is 5.10. The van der Waals surface area contributed by atoms with Crippen LogP contribution >= 0.6 is 0 Å². The number of rotatable bonds is 5. The zero-order valence-corrected chi connectivity index (χ0v) is 12.0. The molecule has 0 aliphatic carbocycles. The van der Waals surface area contributed by atoms with Crippen molar-refractivity contribution in [2.24, 2.45) is 0 Å². The van der Waals surface area contributed by atoms with Gasteiger partial charge in [0.15, 0.2) is 0 Å². The van der Waals surface area contributed by atoms with Gasteiger partial charge in [0.05, 0.1) is 13.5 Å². The minimum Gasteiger partial charge on any atom is -0.481 e. The molecule has 0 spiro atoms. The van der Waals surface area contributed by atoms with E-state index in [1.165, 1.54) is 7.11 Å². The van der Waals surface area contributed by atoms with Crippen molar-refractivity contribution in [1.29, 1.82) is 0 Å². The van der Waals surface area contributed by atoms with Crippen LogP contribution in [0.1, 0.15) is 16.8 Å². The number of nitrogens with zero attached hydrogens (tertiary/aromatic N) is 3. The van der Waals surface area contributed by atoms with Crippen molar-refractivity contribution >= 4 is 11.9 Å². The summed E-state index contributed by atoms with van der Waals surface area (Å²) in [7, 11) is 1.49. The molecule has 7 nitrogen and oxygen atoms in total. The lowest BCUT2D eigenvalue weighted by atomic mass is 10.2. The van der Waals surface area contributed by atoms with Crippen LogP contribution in [0.15, 0.2) is 18.3 Å². The predicted octanol–water partition coefficient (Wildman–Crippen LogP) is 0.323. The second kappa shape index (κ2) is 7.03. The third kappa shape index (κ3) is 3.91. The first-order valence-electron chi connectivity index (χ1n) is 6.84. The Hall–Kier alpha value is -2.15. The highest BCUT2D eigenvalue weighted by molar-refractivity contribution is 5.96. The first kappa shape index (κ1) is 15.2. The largest absolute Gasteiger partial charge is 0.481 e. The van der Waals surface area contributed by atoms with Crippen molar-refractivity contribution < 1.29 is 19.4 Å². The molecule has 0 saturated carbocycles. The van der Waals surface area contributed by atoms with E-state index in [0.717, 1.165) is 0 Å². The van der Waals surface area contributed by atoms with E-state index >= 15 is 0 Å². The monoisotopic (exact) mass is 293 g/mol. The number of piperazine rings is 1. The van der Waals surface area contributed by atoms with E-state index < -0.39 is 5.97 Å². The molecule has 2 heterocycles. The lowest BCUT2D eigenvalue weighted by Gasteiger charge is -2.34. The van der Waals surface area contributed by atoms with Gasteiger partial charge in [0.1, 0.15) is 5.56 Å². The van der Waals surface area contributed by atoms with Crippen LogP contribution < -0.4 is 4.74 Å². The summed E-state index contributed by atoms with van der Waals surface area (Å²) < 4.78 is 5.11. The molecule has 0 unspecified atom stereocenters. The third-order valence-corrected chi connectivity index (χ3v) is 3.50. The average molecular weight is 293 g/mol. The molecular formula is C14H19N3O4. The Labute approximate surface area is 123 Å². The number of carboxylic acids is 1. The number of pyridine rings is 1. The molecule has 2 rings (SSSR count). The highest BCUT2D eigenvalue weighted by atomic mass is 16.5. The number of aliphatic carboxylic acids is 1. The van der Waals surface area contributed by atoms with Crippen LogP contribution in [-0.4, -0.2) is 71.6 Å². The van der Waals surface area contributed by atoms with Gasteiger partial charge in [-0.2, -0.15) is 0 Å². The smallest absolute Gasteiger partial charge is 0.304 e. The fourth-order valence-corrected chi connectivity index (χ4v) is 2.31. The van der Waals surface area contributed by atoms with Gasteiger partial charge in [0, 0.05) is 38.9 Å². The molecule has 0 bridgehead atoms. The summed E-state index contributed by atoms with van der Waals surface area (Å²) in [6.07, 6.45) is 1.71. The zero-order chi connectivity index (χ0) is 15.2. The van der Waals surface area contributed by atoms with E-state index in [-0.39, 0.29) is 12.3 Å². The molecule has 1 aromatic heterocycles. The van der Waals surface area contributed by atoms with E-state index in [2.05, 4.69) is 9.88 Å². The van der Waals surface area contributed by atoms with E-state index in [9.17, 15) is 9.59 Å². The van der Waals surface area contributed by atoms with Crippen LogP contribution in [0.4, 0.5) is 0 Å². The van der Waals surface area contributed by atoms with Gasteiger partial charge in [0.2, 0.25) is 5.88 Å². The summed E-state index contributed by atoms with van der Waals surface area (Å²) in [5.74, 6) is -0.567. The van der Waals surface area contributed by atoms with Crippen LogP contribution in [0.25, 0.3) is 0 Å². The molecule has 0 aromatic carbocycles. The van der Waals surface area contributed by atoms with Gasteiger partial charge in [-0.05, 0) is 12.1 Å². The van der Waals surface area contributed by atoms with Crippen LogP contribution in [0.5, 0.6) is 5.88 Å². The van der Waals surface area contributed by atoms with Gasteiger partial charge in [-0.1, -0.05) is 0 Å². The topological polar surface area (TPSA) is 83.0 Å². The number of aromatic nitrogens is 1. The summed E-state index contributed by atoms with van der Waals surface area (Å²) in [5, 5.41) is 8.68. The third-order valence-electron chi connectivity index (χ3n) is 3.50. The Morgan fingerprint density at radius 2 is 2.05 bits per heavy atom. The fourth-order valence-electron chi connectivity index (χ4n) is 2.31. The van der Waals surface area contributed by atoms with Gasteiger partial charge >= 0.3 is 5.97 Å². The van der Waals surface area contributed by atoms with Crippen LogP contribution in [0, 0.1) is 0 Å². The lowest BCUT2D eigenvalue weighted by molar-refractivity contribution is -0.137. The Morgan fingerprint density at radius 1 is 1.33 bits per heavy atom. The standard InChI is InChI=1S/C14H19N3O4/c1-21-13-11(3-2-5-15-13)14(20)17-9-7-16(8-10-17)6-4-12(18)19/h2-3,5H,4,6-10H2,1H3,(H,18,19). The number of carboxylic acid groups (broad SMARTS) is 1. The van der Waals surface area contributed by atoms with E-state index in [0.29, 0.717) is 44.2 Å². The number of ether oxygens (including phenoxy) is 1. The average Bonchev–Trinajstić information content (AvgIpc) is 2.52.